The quantitative estimate of drug-likeness (QED) is 0.612. The third-order valence-corrected chi connectivity index (χ3v) is 2.74. The van der Waals surface area contributed by atoms with Gasteiger partial charge in [0.05, 0.1) is 0 Å². The molecule has 1 saturated carbocycles. The summed E-state index contributed by atoms with van der Waals surface area (Å²) >= 11 is 0. The van der Waals surface area contributed by atoms with E-state index in [4.69, 9.17) is 4.79 Å². The zero-order valence-corrected chi connectivity index (χ0v) is 7.59. The van der Waals surface area contributed by atoms with E-state index in [1.54, 1.807) is 0 Å². The van der Waals surface area contributed by atoms with Crippen LogP contribution in [0, 0.1) is 0 Å². The SMILES string of the molecule is C1CC(N2CCNCC2)C1.C=O. The monoisotopic (exact) mass is 170 g/mol. The van der Waals surface area contributed by atoms with Gasteiger partial charge < -0.3 is 10.1 Å². The van der Waals surface area contributed by atoms with E-state index in [9.17, 15) is 0 Å². The molecule has 1 aliphatic heterocycles. The Morgan fingerprint density at radius 3 is 2.17 bits per heavy atom. The van der Waals surface area contributed by atoms with Crippen molar-refractivity contribution in [1.82, 2.24) is 10.2 Å². The Balaban J connectivity index is 0.000000336. The minimum absolute atomic E-state index is 0.960. The molecule has 1 heterocycles. The van der Waals surface area contributed by atoms with Crippen molar-refractivity contribution in [2.75, 3.05) is 26.2 Å². The zero-order valence-electron chi connectivity index (χ0n) is 7.59. The lowest BCUT2D eigenvalue weighted by Crippen LogP contribution is -2.50. The summed E-state index contributed by atoms with van der Waals surface area (Å²) < 4.78 is 0. The highest BCUT2D eigenvalue weighted by Crippen LogP contribution is 2.24. The molecule has 1 aliphatic carbocycles. The van der Waals surface area contributed by atoms with Crippen LogP contribution in [0.2, 0.25) is 0 Å². The lowest BCUT2D eigenvalue weighted by Gasteiger charge is -2.39. The number of carbonyl (C=O) groups excluding carboxylic acids is 1. The van der Waals surface area contributed by atoms with E-state index < -0.39 is 0 Å². The molecule has 0 amide bonds. The summed E-state index contributed by atoms with van der Waals surface area (Å²) in [7, 11) is 0. The topological polar surface area (TPSA) is 32.3 Å². The van der Waals surface area contributed by atoms with Gasteiger partial charge in [-0.25, -0.2) is 0 Å². The first-order valence-electron chi connectivity index (χ1n) is 4.70. The fourth-order valence-electron chi connectivity index (χ4n) is 1.80. The Morgan fingerprint density at radius 1 is 1.17 bits per heavy atom. The van der Waals surface area contributed by atoms with Gasteiger partial charge >= 0.3 is 0 Å². The number of nitrogens with one attached hydrogen (secondary N) is 1. The van der Waals surface area contributed by atoms with Crippen molar-refractivity contribution in [3.8, 4) is 0 Å². The maximum absolute atomic E-state index is 8.00. The Kier molecular flexibility index (Phi) is 4.25. The molecule has 3 nitrogen and oxygen atoms in total. The van der Waals surface area contributed by atoms with Crippen molar-refractivity contribution >= 4 is 6.79 Å². The molecule has 0 bridgehead atoms. The van der Waals surface area contributed by atoms with Gasteiger partial charge in [0.2, 0.25) is 0 Å². The summed E-state index contributed by atoms with van der Waals surface area (Å²) in [5.74, 6) is 0. The standard InChI is InChI=1S/C8H16N2.CH2O/c1-2-8(3-1)10-6-4-9-5-7-10;1-2/h8-9H,1-7H2;1H2. The number of hydrogen-bond acceptors (Lipinski definition) is 3. The van der Waals surface area contributed by atoms with Crippen molar-refractivity contribution in [3.63, 3.8) is 0 Å². The molecule has 0 radical (unpaired) electrons. The Hall–Kier alpha value is -0.410. The van der Waals surface area contributed by atoms with Gasteiger partial charge in [0.15, 0.2) is 0 Å². The third-order valence-electron chi connectivity index (χ3n) is 2.74. The van der Waals surface area contributed by atoms with Gasteiger partial charge in [-0.3, -0.25) is 4.90 Å². The largest absolute Gasteiger partial charge is 0.314 e. The number of nitrogens with zero attached hydrogens (tertiary/aromatic N) is 1. The average Bonchev–Trinajstić information content (AvgIpc) is 2.07. The van der Waals surface area contributed by atoms with Crippen molar-refractivity contribution in [1.29, 1.82) is 0 Å². The molecule has 0 aromatic heterocycles. The van der Waals surface area contributed by atoms with E-state index in [0.717, 1.165) is 6.04 Å². The maximum atomic E-state index is 8.00. The summed E-state index contributed by atoms with van der Waals surface area (Å²) in [5, 5.41) is 3.38. The highest BCUT2D eigenvalue weighted by Gasteiger charge is 2.25. The molecule has 2 fully saturated rings. The van der Waals surface area contributed by atoms with E-state index in [2.05, 4.69) is 10.2 Å². The highest BCUT2D eigenvalue weighted by atomic mass is 16.1. The number of rotatable bonds is 1. The first-order chi connectivity index (χ1) is 5.97. The molecule has 3 heteroatoms. The van der Waals surface area contributed by atoms with Crippen LogP contribution in [0.4, 0.5) is 0 Å². The number of piperazine rings is 1. The molecule has 0 spiro atoms. The second kappa shape index (κ2) is 5.27. The van der Waals surface area contributed by atoms with Crippen molar-refractivity contribution in [3.05, 3.63) is 0 Å². The average molecular weight is 170 g/mol. The summed E-state index contributed by atoms with van der Waals surface area (Å²) in [4.78, 5) is 10.6. The van der Waals surface area contributed by atoms with Crippen LogP contribution in [0.3, 0.4) is 0 Å². The zero-order chi connectivity index (χ0) is 8.81. The lowest BCUT2D eigenvalue weighted by molar-refractivity contribution is -0.0979. The van der Waals surface area contributed by atoms with Crippen molar-refractivity contribution < 1.29 is 4.79 Å². The van der Waals surface area contributed by atoms with Gasteiger partial charge in [-0.15, -0.1) is 0 Å². The molecule has 2 aliphatic rings. The Labute approximate surface area is 74.1 Å². The Bertz CT molecular complexity index is 120. The normalized spacial score (nSPS) is 25.3. The molecule has 1 N–H and O–H groups in total. The molecule has 0 aromatic rings. The lowest BCUT2D eigenvalue weighted by atomic mass is 9.91. The number of hydrogen-bond donors (Lipinski definition) is 1. The second-order valence-electron chi connectivity index (χ2n) is 3.37. The second-order valence-corrected chi connectivity index (χ2v) is 3.37. The fraction of sp³-hybridized carbons (Fsp3) is 0.889. The van der Waals surface area contributed by atoms with Crippen LogP contribution in [0.15, 0.2) is 0 Å². The van der Waals surface area contributed by atoms with Crippen LogP contribution in [-0.4, -0.2) is 43.9 Å². The van der Waals surface area contributed by atoms with Crippen LogP contribution in [0.1, 0.15) is 19.3 Å². The van der Waals surface area contributed by atoms with Crippen LogP contribution >= 0.6 is 0 Å². The van der Waals surface area contributed by atoms with E-state index in [1.165, 1.54) is 45.4 Å². The minimum Gasteiger partial charge on any atom is -0.314 e. The highest BCUT2D eigenvalue weighted by molar-refractivity contribution is 5.10. The van der Waals surface area contributed by atoms with Crippen molar-refractivity contribution in [2.24, 2.45) is 0 Å². The molecule has 12 heavy (non-hydrogen) atoms. The molecule has 0 unspecified atom stereocenters. The van der Waals surface area contributed by atoms with Gasteiger partial charge in [0.1, 0.15) is 6.79 Å². The smallest absolute Gasteiger partial charge is 0.106 e. The summed E-state index contributed by atoms with van der Waals surface area (Å²) in [5.41, 5.74) is 0. The molecular formula is C9H18N2O. The van der Waals surface area contributed by atoms with Gasteiger partial charge in [0.25, 0.3) is 0 Å². The van der Waals surface area contributed by atoms with Gasteiger partial charge in [0, 0.05) is 32.2 Å². The van der Waals surface area contributed by atoms with E-state index in [0.29, 0.717) is 0 Å². The fourth-order valence-corrected chi connectivity index (χ4v) is 1.80. The van der Waals surface area contributed by atoms with Gasteiger partial charge in [-0.05, 0) is 12.8 Å². The maximum Gasteiger partial charge on any atom is 0.106 e. The van der Waals surface area contributed by atoms with E-state index in [-0.39, 0.29) is 0 Å². The first-order valence-corrected chi connectivity index (χ1v) is 4.70. The molecule has 2 rings (SSSR count). The van der Waals surface area contributed by atoms with Gasteiger partial charge in [-0.1, -0.05) is 6.42 Å². The molecule has 1 saturated heterocycles. The summed E-state index contributed by atoms with van der Waals surface area (Å²) in [6, 6.07) is 0.960. The molecule has 0 atom stereocenters. The Morgan fingerprint density at radius 2 is 1.75 bits per heavy atom. The van der Waals surface area contributed by atoms with Crippen LogP contribution in [-0.2, 0) is 4.79 Å². The predicted molar refractivity (Wildman–Crippen MR) is 49.2 cm³/mol. The minimum atomic E-state index is 0.960. The third kappa shape index (κ3) is 2.29. The van der Waals surface area contributed by atoms with Crippen LogP contribution in [0.5, 0.6) is 0 Å². The van der Waals surface area contributed by atoms with Crippen molar-refractivity contribution in [2.45, 2.75) is 25.3 Å². The van der Waals surface area contributed by atoms with Crippen LogP contribution in [0.25, 0.3) is 0 Å². The first kappa shape index (κ1) is 9.68. The summed E-state index contributed by atoms with van der Waals surface area (Å²) in [6.45, 7) is 6.97. The van der Waals surface area contributed by atoms with E-state index >= 15 is 0 Å². The molecular weight excluding hydrogens is 152 g/mol. The number of carbonyl (C=O) groups is 1. The molecule has 70 valence electrons. The predicted octanol–water partition coefficient (Wildman–Crippen LogP) is 0.259. The van der Waals surface area contributed by atoms with E-state index in [1.807, 2.05) is 6.79 Å². The van der Waals surface area contributed by atoms with Crippen LogP contribution < -0.4 is 5.32 Å². The molecule has 0 aromatic carbocycles. The summed E-state index contributed by atoms with van der Waals surface area (Å²) in [6.07, 6.45) is 4.38. The van der Waals surface area contributed by atoms with Gasteiger partial charge in [-0.2, -0.15) is 0 Å².